The third-order valence-electron chi connectivity index (χ3n) is 2.18. The van der Waals surface area contributed by atoms with Crippen molar-refractivity contribution in [3.8, 4) is 17.8 Å². The van der Waals surface area contributed by atoms with Crippen molar-refractivity contribution in [3.05, 3.63) is 31.2 Å². The molecule has 2 aromatic rings. The number of nitrogens with zero attached hydrogens (tertiary/aromatic N) is 4. The standard InChI is InChI=1S/C10H7Br2N5O4/c1-20-9-14-8(13)15-10(16-9)21-7-5(11)2-4(17(18)19)3-6(7)12/h2-3H,1H3,(H2,13,14,15,16). The Morgan fingerprint density at radius 3 is 2.29 bits per heavy atom. The zero-order chi connectivity index (χ0) is 15.6. The second-order valence-electron chi connectivity index (χ2n) is 3.56. The fraction of sp³-hybridized carbons (Fsp3) is 0.100. The molecule has 9 nitrogen and oxygen atoms in total. The summed E-state index contributed by atoms with van der Waals surface area (Å²) in [5.41, 5.74) is 5.39. The van der Waals surface area contributed by atoms with Gasteiger partial charge in [0, 0.05) is 12.1 Å². The molecule has 110 valence electrons. The number of halogens is 2. The number of hydrogen-bond donors (Lipinski definition) is 1. The van der Waals surface area contributed by atoms with Crippen molar-refractivity contribution in [3.63, 3.8) is 0 Å². The van der Waals surface area contributed by atoms with Crippen LogP contribution in [0.3, 0.4) is 0 Å². The van der Waals surface area contributed by atoms with Crippen LogP contribution in [0.1, 0.15) is 0 Å². The van der Waals surface area contributed by atoms with Crippen LogP contribution in [-0.2, 0) is 0 Å². The van der Waals surface area contributed by atoms with Crippen LogP contribution in [-0.4, -0.2) is 27.0 Å². The third-order valence-corrected chi connectivity index (χ3v) is 3.36. The van der Waals surface area contributed by atoms with E-state index in [2.05, 4.69) is 46.8 Å². The summed E-state index contributed by atoms with van der Waals surface area (Å²) in [6.45, 7) is 0. The van der Waals surface area contributed by atoms with E-state index in [1.807, 2.05) is 0 Å². The Kier molecular flexibility index (Phi) is 4.53. The first kappa shape index (κ1) is 15.4. The van der Waals surface area contributed by atoms with Gasteiger partial charge in [-0.25, -0.2) is 0 Å². The molecule has 0 amide bonds. The van der Waals surface area contributed by atoms with Crippen LogP contribution in [0.4, 0.5) is 11.6 Å². The minimum atomic E-state index is -0.525. The summed E-state index contributed by atoms with van der Waals surface area (Å²) < 4.78 is 11.0. The summed E-state index contributed by atoms with van der Waals surface area (Å²) >= 11 is 6.37. The molecule has 1 heterocycles. The molecule has 0 saturated carbocycles. The Morgan fingerprint density at radius 1 is 1.19 bits per heavy atom. The van der Waals surface area contributed by atoms with Gasteiger partial charge < -0.3 is 15.2 Å². The van der Waals surface area contributed by atoms with Crippen LogP contribution in [0.25, 0.3) is 0 Å². The first-order valence-corrected chi connectivity index (χ1v) is 6.86. The van der Waals surface area contributed by atoms with Crippen molar-refractivity contribution < 1.29 is 14.4 Å². The van der Waals surface area contributed by atoms with E-state index in [0.29, 0.717) is 8.95 Å². The molecule has 0 fully saturated rings. The summed E-state index contributed by atoms with van der Waals surface area (Å²) in [4.78, 5) is 21.6. The molecule has 0 unspecified atom stereocenters. The van der Waals surface area contributed by atoms with E-state index < -0.39 is 4.92 Å². The molecule has 21 heavy (non-hydrogen) atoms. The average molecular weight is 421 g/mol. The molecule has 0 bridgehead atoms. The predicted molar refractivity (Wildman–Crippen MR) is 79.4 cm³/mol. The number of non-ortho nitro benzene ring substituents is 1. The zero-order valence-electron chi connectivity index (χ0n) is 10.4. The molecule has 0 atom stereocenters. The highest BCUT2D eigenvalue weighted by atomic mass is 79.9. The Hall–Kier alpha value is -2.01. The van der Waals surface area contributed by atoms with Crippen LogP contribution in [0, 0.1) is 10.1 Å². The highest BCUT2D eigenvalue weighted by Gasteiger charge is 2.17. The lowest BCUT2D eigenvalue weighted by Gasteiger charge is -2.09. The van der Waals surface area contributed by atoms with E-state index >= 15 is 0 Å². The SMILES string of the molecule is COc1nc(N)nc(Oc2c(Br)cc([N+](=O)[O-])cc2Br)n1. The zero-order valence-corrected chi connectivity index (χ0v) is 13.6. The van der Waals surface area contributed by atoms with Crippen LogP contribution < -0.4 is 15.2 Å². The first-order valence-electron chi connectivity index (χ1n) is 5.27. The van der Waals surface area contributed by atoms with E-state index in [9.17, 15) is 10.1 Å². The summed E-state index contributed by atoms with van der Waals surface area (Å²) in [7, 11) is 1.37. The summed E-state index contributed by atoms with van der Waals surface area (Å²) in [6, 6.07) is 2.48. The molecule has 0 aliphatic heterocycles. The van der Waals surface area contributed by atoms with E-state index in [4.69, 9.17) is 15.2 Å². The van der Waals surface area contributed by atoms with Gasteiger partial charge in [-0.2, -0.15) is 9.97 Å². The molecule has 0 aliphatic carbocycles. The lowest BCUT2D eigenvalue weighted by atomic mass is 10.3. The average Bonchev–Trinajstić information content (AvgIpc) is 2.41. The van der Waals surface area contributed by atoms with E-state index in [1.54, 1.807) is 0 Å². The number of ether oxygens (including phenoxy) is 2. The van der Waals surface area contributed by atoms with Crippen molar-refractivity contribution in [2.45, 2.75) is 0 Å². The lowest BCUT2D eigenvalue weighted by molar-refractivity contribution is -0.385. The summed E-state index contributed by atoms with van der Waals surface area (Å²) in [5, 5.41) is 10.8. The number of nitrogens with two attached hydrogens (primary N) is 1. The van der Waals surface area contributed by atoms with Gasteiger partial charge in [0.2, 0.25) is 5.95 Å². The molecular weight excluding hydrogens is 414 g/mol. The molecule has 0 spiro atoms. The van der Waals surface area contributed by atoms with E-state index in [-0.39, 0.29) is 29.4 Å². The van der Waals surface area contributed by atoms with Gasteiger partial charge in [-0.1, -0.05) is 0 Å². The normalized spacial score (nSPS) is 10.2. The Morgan fingerprint density at radius 2 is 1.76 bits per heavy atom. The Balaban J connectivity index is 2.40. The van der Waals surface area contributed by atoms with Crippen molar-refractivity contribution in [2.24, 2.45) is 0 Å². The molecule has 11 heteroatoms. The number of aromatic nitrogens is 3. The quantitative estimate of drug-likeness (QED) is 0.590. The number of anilines is 1. The Bertz CT molecular complexity index is 689. The maximum absolute atomic E-state index is 10.8. The number of methoxy groups -OCH3 is 1. The highest BCUT2D eigenvalue weighted by molar-refractivity contribution is 9.11. The van der Waals surface area contributed by atoms with Gasteiger partial charge in [-0.15, -0.1) is 4.98 Å². The second-order valence-corrected chi connectivity index (χ2v) is 5.27. The molecule has 0 saturated heterocycles. The van der Waals surface area contributed by atoms with Gasteiger partial charge in [0.05, 0.1) is 21.0 Å². The topological polar surface area (TPSA) is 126 Å². The molecule has 1 aromatic heterocycles. The number of nitrogen functional groups attached to an aromatic ring is 1. The number of hydrogen-bond acceptors (Lipinski definition) is 8. The molecular formula is C10H7Br2N5O4. The van der Waals surface area contributed by atoms with Crippen LogP contribution in [0.5, 0.6) is 17.8 Å². The number of rotatable bonds is 4. The molecule has 1 aromatic carbocycles. The molecule has 2 rings (SSSR count). The van der Waals surface area contributed by atoms with Gasteiger partial charge >= 0.3 is 12.0 Å². The van der Waals surface area contributed by atoms with Crippen molar-refractivity contribution in [1.29, 1.82) is 0 Å². The number of nitro benzene ring substituents is 1. The van der Waals surface area contributed by atoms with Gasteiger partial charge in [-0.3, -0.25) is 10.1 Å². The van der Waals surface area contributed by atoms with E-state index in [0.717, 1.165) is 0 Å². The second kappa shape index (κ2) is 6.18. The number of benzene rings is 1. The van der Waals surface area contributed by atoms with Gasteiger partial charge in [0.25, 0.3) is 5.69 Å². The smallest absolute Gasteiger partial charge is 0.330 e. The highest BCUT2D eigenvalue weighted by Crippen LogP contribution is 2.39. The first-order chi connectivity index (χ1) is 9.90. The maximum Gasteiger partial charge on any atom is 0.330 e. The monoisotopic (exact) mass is 419 g/mol. The van der Waals surface area contributed by atoms with Crippen LogP contribution >= 0.6 is 31.9 Å². The summed E-state index contributed by atoms with van der Waals surface area (Å²) in [6.07, 6.45) is 0. The predicted octanol–water partition coefficient (Wildman–Crippen LogP) is 2.69. The number of nitro groups is 1. The molecule has 0 aliphatic rings. The lowest BCUT2D eigenvalue weighted by Crippen LogP contribution is -2.03. The van der Waals surface area contributed by atoms with Crippen LogP contribution in [0.2, 0.25) is 0 Å². The van der Waals surface area contributed by atoms with Crippen LogP contribution in [0.15, 0.2) is 21.1 Å². The largest absolute Gasteiger partial charge is 0.467 e. The third kappa shape index (κ3) is 3.55. The fourth-order valence-corrected chi connectivity index (χ4v) is 2.65. The minimum Gasteiger partial charge on any atom is -0.467 e. The van der Waals surface area contributed by atoms with Gasteiger partial charge in [0.15, 0.2) is 5.75 Å². The van der Waals surface area contributed by atoms with Crippen molar-refractivity contribution >= 4 is 43.5 Å². The maximum atomic E-state index is 10.8. The van der Waals surface area contributed by atoms with E-state index in [1.165, 1.54) is 19.2 Å². The fourth-order valence-electron chi connectivity index (χ4n) is 1.33. The van der Waals surface area contributed by atoms with Gasteiger partial charge in [0.1, 0.15) is 0 Å². The van der Waals surface area contributed by atoms with Crippen molar-refractivity contribution in [2.75, 3.05) is 12.8 Å². The molecule has 0 radical (unpaired) electrons. The minimum absolute atomic E-state index is 0.00773. The van der Waals surface area contributed by atoms with Gasteiger partial charge in [-0.05, 0) is 31.9 Å². The Labute approximate surface area is 134 Å². The summed E-state index contributed by atoms with van der Waals surface area (Å²) in [5.74, 6) is 0.180. The molecule has 2 N–H and O–H groups in total. The van der Waals surface area contributed by atoms with Crippen molar-refractivity contribution in [1.82, 2.24) is 15.0 Å².